The van der Waals surface area contributed by atoms with E-state index >= 15 is 0 Å². The van der Waals surface area contributed by atoms with Gasteiger partial charge in [-0.15, -0.1) is 0 Å². The van der Waals surface area contributed by atoms with Crippen molar-refractivity contribution in [1.29, 1.82) is 0 Å². The van der Waals surface area contributed by atoms with Crippen molar-refractivity contribution in [1.82, 2.24) is 19.5 Å². The van der Waals surface area contributed by atoms with Gasteiger partial charge in [-0.05, 0) is 25.7 Å². The number of nitrogens with two attached hydrogens (primary N) is 1. The molecule has 0 radical (unpaired) electrons. The maximum absolute atomic E-state index is 9.45. The van der Waals surface area contributed by atoms with Gasteiger partial charge < -0.3 is 20.5 Å². The first kappa shape index (κ1) is 13.3. The number of imidazole rings is 1. The highest BCUT2D eigenvalue weighted by Gasteiger charge is 2.35. The lowest BCUT2D eigenvalue weighted by atomic mass is 9.73. The standard InChI is InChI=1S/C13H19N5O2/c14-11-10-12(16-7-15-11)18(8-17-10)9-1-3-13(5-19,6-20)4-2-9/h7-9,19-20H,1-6H2,(H2,14,15,16). The third kappa shape index (κ3) is 2.03. The molecule has 0 amide bonds. The van der Waals surface area contributed by atoms with E-state index in [1.807, 2.05) is 4.57 Å². The van der Waals surface area contributed by atoms with E-state index < -0.39 is 0 Å². The summed E-state index contributed by atoms with van der Waals surface area (Å²) in [7, 11) is 0. The molecule has 0 unspecified atom stereocenters. The van der Waals surface area contributed by atoms with E-state index in [9.17, 15) is 10.2 Å². The summed E-state index contributed by atoms with van der Waals surface area (Å²) in [6, 6.07) is 0.278. The first-order valence-corrected chi connectivity index (χ1v) is 6.84. The fourth-order valence-corrected chi connectivity index (χ4v) is 3.00. The Morgan fingerprint density at radius 2 is 1.90 bits per heavy atom. The van der Waals surface area contributed by atoms with Crippen LogP contribution in [0.3, 0.4) is 0 Å². The number of nitrogens with zero attached hydrogens (tertiary/aromatic N) is 4. The predicted octanol–water partition coefficient (Wildman–Crippen LogP) is 0.495. The van der Waals surface area contributed by atoms with Crippen LogP contribution in [0.1, 0.15) is 31.7 Å². The Hall–Kier alpha value is -1.73. The topological polar surface area (TPSA) is 110 Å². The van der Waals surface area contributed by atoms with Crippen LogP contribution in [-0.4, -0.2) is 42.9 Å². The second kappa shape index (κ2) is 4.99. The molecule has 0 aliphatic heterocycles. The first-order valence-electron chi connectivity index (χ1n) is 6.84. The molecule has 0 aromatic carbocycles. The third-order valence-electron chi connectivity index (χ3n) is 4.47. The number of aromatic nitrogens is 4. The quantitative estimate of drug-likeness (QED) is 0.753. The lowest BCUT2D eigenvalue weighted by molar-refractivity contribution is 0.0129. The van der Waals surface area contributed by atoms with Gasteiger partial charge in [-0.1, -0.05) is 0 Å². The third-order valence-corrected chi connectivity index (χ3v) is 4.47. The highest BCUT2D eigenvalue weighted by Crippen LogP contribution is 2.41. The number of hydrogen-bond acceptors (Lipinski definition) is 6. The van der Waals surface area contributed by atoms with Crippen molar-refractivity contribution < 1.29 is 10.2 Å². The smallest absolute Gasteiger partial charge is 0.165 e. The second-order valence-corrected chi connectivity index (χ2v) is 5.63. The number of aliphatic hydroxyl groups excluding tert-OH is 2. The average Bonchev–Trinajstić information content (AvgIpc) is 2.93. The van der Waals surface area contributed by atoms with Crippen LogP contribution in [0.5, 0.6) is 0 Å². The minimum absolute atomic E-state index is 0.0377. The molecule has 2 aromatic heterocycles. The summed E-state index contributed by atoms with van der Waals surface area (Å²) in [4.78, 5) is 12.5. The van der Waals surface area contributed by atoms with Crippen molar-refractivity contribution in [2.75, 3.05) is 18.9 Å². The van der Waals surface area contributed by atoms with Gasteiger partial charge in [-0.2, -0.15) is 0 Å². The summed E-state index contributed by atoms with van der Waals surface area (Å²) in [5.41, 5.74) is 6.85. The number of anilines is 1. The highest BCUT2D eigenvalue weighted by atomic mass is 16.3. The van der Waals surface area contributed by atoms with Gasteiger partial charge in [-0.25, -0.2) is 15.0 Å². The van der Waals surface area contributed by atoms with E-state index in [-0.39, 0.29) is 24.7 Å². The summed E-state index contributed by atoms with van der Waals surface area (Å²) in [5, 5.41) is 18.9. The van der Waals surface area contributed by atoms with Crippen molar-refractivity contribution in [2.45, 2.75) is 31.7 Å². The Morgan fingerprint density at radius 3 is 2.55 bits per heavy atom. The van der Waals surface area contributed by atoms with Crippen LogP contribution in [0.15, 0.2) is 12.7 Å². The molecule has 7 heteroatoms. The molecule has 20 heavy (non-hydrogen) atoms. The molecule has 1 fully saturated rings. The number of hydrogen-bond donors (Lipinski definition) is 3. The average molecular weight is 277 g/mol. The summed E-state index contributed by atoms with van der Waals surface area (Å²) in [5.74, 6) is 0.393. The minimum atomic E-state index is -0.332. The van der Waals surface area contributed by atoms with Crippen LogP contribution in [0.4, 0.5) is 5.82 Å². The van der Waals surface area contributed by atoms with E-state index in [1.54, 1.807) is 6.33 Å². The van der Waals surface area contributed by atoms with Crippen LogP contribution in [0.25, 0.3) is 11.2 Å². The van der Waals surface area contributed by atoms with E-state index in [0.717, 1.165) is 31.3 Å². The molecular formula is C13H19N5O2. The molecule has 3 rings (SSSR count). The van der Waals surface area contributed by atoms with Gasteiger partial charge in [-0.3, -0.25) is 0 Å². The fraction of sp³-hybridized carbons (Fsp3) is 0.615. The van der Waals surface area contributed by atoms with E-state index in [0.29, 0.717) is 11.3 Å². The predicted molar refractivity (Wildman–Crippen MR) is 73.8 cm³/mol. The van der Waals surface area contributed by atoms with Crippen molar-refractivity contribution in [3.63, 3.8) is 0 Å². The molecule has 0 bridgehead atoms. The van der Waals surface area contributed by atoms with Crippen molar-refractivity contribution >= 4 is 17.0 Å². The molecule has 1 aliphatic carbocycles. The zero-order valence-corrected chi connectivity index (χ0v) is 11.2. The SMILES string of the molecule is Nc1ncnc2c1ncn2C1CCC(CO)(CO)CC1. The van der Waals surface area contributed by atoms with Crippen LogP contribution in [0.2, 0.25) is 0 Å². The normalized spacial score (nSPS) is 19.5. The Balaban J connectivity index is 1.85. The zero-order chi connectivity index (χ0) is 14.2. The van der Waals surface area contributed by atoms with Crippen molar-refractivity contribution in [3.8, 4) is 0 Å². The summed E-state index contributed by atoms with van der Waals surface area (Å²) < 4.78 is 2.03. The molecule has 108 valence electrons. The largest absolute Gasteiger partial charge is 0.396 e. The monoisotopic (exact) mass is 277 g/mol. The number of rotatable bonds is 3. The lowest BCUT2D eigenvalue weighted by Gasteiger charge is -2.37. The molecule has 0 saturated heterocycles. The van der Waals surface area contributed by atoms with Crippen LogP contribution >= 0.6 is 0 Å². The van der Waals surface area contributed by atoms with Gasteiger partial charge in [0.05, 0.1) is 19.5 Å². The van der Waals surface area contributed by atoms with Crippen LogP contribution in [0, 0.1) is 5.41 Å². The molecule has 2 heterocycles. The van der Waals surface area contributed by atoms with E-state index in [2.05, 4.69) is 15.0 Å². The van der Waals surface area contributed by atoms with Gasteiger partial charge in [0.25, 0.3) is 0 Å². The second-order valence-electron chi connectivity index (χ2n) is 5.63. The summed E-state index contributed by atoms with van der Waals surface area (Å²) in [6.07, 6.45) is 6.57. The van der Waals surface area contributed by atoms with E-state index in [4.69, 9.17) is 5.73 Å². The summed E-state index contributed by atoms with van der Waals surface area (Å²) >= 11 is 0. The fourth-order valence-electron chi connectivity index (χ4n) is 3.00. The summed E-state index contributed by atoms with van der Waals surface area (Å²) in [6.45, 7) is 0.0754. The van der Waals surface area contributed by atoms with Crippen LogP contribution < -0.4 is 5.73 Å². The lowest BCUT2D eigenvalue weighted by Crippen LogP contribution is -2.35. The van der Waals surface area contributed by atoms with Gasteiger partial charge in [0, 0.05) is 11.5 Å². The Labute approximate surface area is 116 Å². The number of fused-ring (bicyclic) bond motifs is 1. The number of nitrogen functional groups attached to an aromatic ring is 1. The minimum Gasteiger partial charge on any atom is -0.396 e. The molecule has 0 spiro atoms. The number of aliphatic hydroxyl groups is 2. The molecule has 2 aromatic rings. The van der Waals surface area contributed by atoms with Gasteiger partial charge in [0.1, 0.15) is 11.8 Å². The molecule has 1 saturated carbocycles. The maximum atomic E-state index is 9.45. The van der Waals surface area contributed by atoms with Crippen LogP contribution in [-0.2, 0) is 0 Å². The van der Waals surface area contributed by atoms with Gasteiger partial charge in [0.15, 0.2) is 11.5 Å². The molecular weight excluding hydrogens is 258 g/mol. The zero-order valence-electron chi connectivity index (χ0n) is 11.2. The molecule has 4 N–H and O–H groups in total. The van der Waals surface area contributed by atoms with Crippen molar-refractivity contribution in [3.05, 3.63) is 12.7 Å². The Morgan fingerprint density at radius 1 is 1.20 bits per heavy atom. The molecule has 0 atom stereocenters. The Bertz CT molecular complexity index is 598. The molecule has 1 aliphatic rings. The van der Waals surface area contributed by atoms with E-state index in [1.165, 1.54) is 6.33 Å². The molecule has 7 nitrogen and oxygen atoms in total. The Kier molecular flexibility index (Phi) is 3.31. The van der Waals surface area contributed by atoms with Gasteiger partial charge in [0.2, 0.25) is 0 Å². The van der Waals surface area contributed by atoms with Crippen molar-refractivity contribution in [2.24, 2.45) is 5.41 Å². The maximum Gasteiger partial charge on any atom is 0.165 e. The van der Waals surface area contributed by atoms with Gasteiger partial charge >= 0.3 is 0 Å². The highest BCUT2D eigenvalue weighted by molar-refractivity contribution is 5.81. The first-order chi connectivity index (χ1) is 9.69.